The smallest absolute Gasteiger partial charge is 0.407 e. The van der Waals surface area contributed by atoms with E-state index in [1.54, 1.807) is 0 Å². The number of carbonyl (C=O) groups excluding carboxylic acids is 1. The van der Waals surface area contributed by atoms with Gasteiger partial charge < -0.3 is 15.4 Å². The Hall–Kier alpha value is -0.770. The van der Waals surface area contributed by atoms with E-state index in [4.69, 9.17) is 4.74 Å². The Kier molecular flexibility index (Phi) is 4.91. The Morgan fingerprint density at radius 2 is 1.83 bits per heavy atom. The third-order valence-corrected chi connectivity index (χ3v) is 5.87. The fourth-order valence-electron chi connectivity index (χ4n) is 4.17. The molecule has 132 valence electrons. The molecule has 0 aromatic heterocycles. The van der Waals surface area contributed by atoms with Gasteiger partial charge in [0.1, 0.15) is 5.60 Å². The van der Waals surface area contributed by atoms with Gasteiger partial charge in [-0.15, -0.1) is 0 Å². The van der Waals surface area contributed by atoms with Crippen LogP contribution in [0.4, 0.5) is 4.79 Å². The molecule has 0 spiro atoms. The van der Waals surface area contributed by atoms with Crippen molar-refractivity contribution in [3.63, 3.8) is 0 Å². The first-order chi connectivity index (χ1) is 10.9. The average Bonchev–Trinajstić information content (AvgIpc) is 3.35. The van der Waals surface area contributed by atoms with E-state index in [-0.39, 0.29) is 6.09 Å². The van der Waals surface area contributed by atoms with Crippen LogP contribution in [-0.4, -0.2) is 30.8 Å². The molecule has 3 saturated carbocycles. The van der Waals surface area contributed by atoms with Crippen LogP contribution in [0.3, 0.4) is 0 Å². The summed E-state index contributed by atoms with van der Waals surface area (Å²) in [7, 11) is 0. The number of hydrogen-bond donors (Lipinski definition) is 2. The van der Waals surface area contributed by atoms with Crippen LogP contribution in [0.1, 0.15) is 72.1 Å². The second-order valence-corrected chi connectivity index (χ2v) is 9.05. The van der Waals surface area contributed by atoms with Gasteiger partial charge in [0.05, 0.1) is 0 Å². The molecule has 1 amide bonds. The van der Waals surface area contributed by atoms with Crippen LogP contribution in [0.5, 0.6) is 0 Å². The first-order valence-corrected chi connectivity index (χ1v) is 9.58. The van der Waals surface area contributed by atoms with E-state index >= 15 is 0 Å². The third kappa shape index (κ3) is 4.85. The van der Waals surface area contributed by atoms with Crippen LogP contribution in [0, 0.1) is 17.3 Å². The first-order valence-electron chi connectivity index (χ1n) is 9.58. The van der Waals surface area contributed by atoms with Crippen molar-refractivity contribution in [2.45, 2.75) is 83.8 Å². The predicted octanol–water partition coefficient (Wildman–Crippen LogP) is 3.85. The van der Waals surface area contributed by atoms with Gasteiger partial charge in [0, 0.05) is 19.1 Å². The molecule has 0 heterocycles. The molecule has 3 aliphatic carbocycles. The minimum absolute atomic E-state index is 0.279. The monoisotopic (exact) mass is 322 g/mol. The highest BCUT2D eigenvalue weighted by Crippen LogP contribution is 2.60. The summed E-state index contributed by atoms with van der Waals surface area (Å²) in [5.74, 6) is 1.56. The molecule has 0 radical (unpaired) electrons. The molecule has 4 heteroatoms. The molecule has 3 aliphatic rings. The second-order valence-electron chi connectivity index (χ2n) is 9.05. The fraction of sp³-hybridized carbons (Fsp3) is 0.947. The molecule has 0 aromatic carbocycles. The minimum atomic E-state index is -0.420. The number of hydrogen-bond acceptors (Lipinski definition) is 3. The maximum atomic E-state index is 11.9. The molecule has 3 rings (SSSR count). The summed E-state index contributed by atoms with van der Waals surface area (Å²) in [5.41, 5.74) is 0.234. The van der Waals surface area contributed by atoms with Crippen LogP contribution < -0.4 is 10.6 Å². The zero-order valence-electron chi connectivity index (χ0n) is 15.1. The zero-order valence-corrected chi connectivity index (χ0v) is 15.1. The van der Waals surface area contributed by atoms with Gasteiger partial charge in [0.25, 0.3) is 0 Å². The molecule has 2 unspecified atom stereocenters. The molecule has 3 fully saturated rings. The van der Waals surface area contributed by atoms with Crippen LogP contribution in [0.15, 0.2) is 0 Å². The van der Waals surface area contributed by atoms with Gasteiger partial charge in [-0.2, -0.15) is 0 Å². The van der Waals surface area contributed by atoms with Gasteiger partial charge in [-0.05, 0) is 76.5 Å². The maximum Gasteiger partial charge on any atom is 0.407 e. The number of amides is 1. The Labute approximate surface area is 141 Å². The Morgan fingerprint density at radius 1 is 1.13 bits per heavy atom. The van der Waals surface area contributed by atoms with Gasteiger partial charge in [0.2, 0.25) is 0 Å². The Balaban J connectivity index is 1.43. The standard InChI is InChI=1S/C19H34N2O2/c1-18(2,3)23-17(22)20-12-14-6-4-5-7-16(14)21-13-19(10-11-19)15-8-9-15/h14-16,21H,4-13H2,1-3H3,(H,20,22). The molecule has 0 aliphatic heterocycles. The Bertz CT molecular complexity index is 422. The normalized spacial score (nSPS) is 29.9. The van der Waals surface area contributed by atoms with E-state index in [0.717, 1.165) is 12.5 Å². The lowest BCUT2D eigenvalue weighted by molar-refractivity contribution is 0.0510. The molecular weight excluding hydrogens is 288 g/mol. The summed E-state index contributed by atoms with van der Waals surface area (Å²) in [6, 6.07) is 0.565. The third-order valence-electron chi connectivity index (χ3n) is 5.87. The van der Waals surface area contributed by atoms with Crippen molar-refractivity contribution in [2.24, 2.45) is 17.3 Å². The molecule has 2 atom stereocenters. The van der Waals surface area contributed by atoms with Gasteiger partial charge >= 0.3 is 6.09 Å². The minimum Gasteiger partial charge on any atom is -0.444 e. The van der Waals surface area contributed by atoms with E-state index in [2.05, 4.69) is 10.6 Å². The number of ether oxygens (including phenoxy) is 1. The van der Waals surface area contributed by atoms with Crippen LogP contribution >= 0.6 is 0 Å². The topological polar surface area (TPSA) is 50.4 Å². The number of alkyl carbamates (subject to hydrolysis) is 1. The summed E-state index contributed by atoms with van der Waals surface area (Å²) in [6.07, 6.45) is 10.6. The van der Waals surface area contributed by atoms with Crippen molar-refractivity contribution < 1.29 is 9.53 Å². The molecule has 0 aromatic rings. The highest BCUT2D eigenvalue weighted by molar-refractivity contribution is 5.67. The van der Waals surface area contributed by atoms with Crippen LogP contribution in [0.25, 0.3) is 0 Å². The molecule has 4 nitrogen and oxygen atoms in total. The summed E-state index contributed by atoms with van der Waals surface area (Å²) in [6.45, 7) is 7.66. The summed E-state index contributed by atoms with van der Waals surface area (Å²) in [4.78, 5) is 11.9. The predicted molar refractivity (Wildman–Crippen MR) is 92.4 cm³/mol. The van der Waals surface area contributed by atoms with Gasteiger partial charge in [-0.25, -0.2) is 4.79 Å². The van der Waals surface area contributed by atoms with E-state index < -0.39 is 5.60 Å². The van der Waals surface area contributed by atoms with E-state index in [1.165, 1.54) is 57.9 Å². The van der Waals surface area contributed by atoms with Crippen molar-refractivity contribution in [1.29, 1.82) is 0 Å². The summed E-state index contributed by atoms with van der Waals surface area (Å²) in [5, 5.41) is 6.86. The van der Waals surface area contributed by atoms with Crippen molar-refractivity contribution in [3.05, 3.63) is 0 Å². The van der Waals surface area contributed by atoms with Gasteiger partial charge in [-0.3, -0.25) is 0 Å². The van der Waals surface area contributed by atoms with Gasteiger partial charge in [0.15, 0.2) is 0 Å². The lowest BCUT2D eigenvalue weighted by Crippen LogP contribution is -2.46. The van der Waals surface area contributed by atoms with Crippen molar-refractivity contribution in [3.8, 4) is 0 Å². The average molecular weight is 322 g/mol. The largest absolute Gasteiger partial charge is 0.444 e. The highest BCUT2D eigenvalue weighted by atomic mass is 16.6. The highest BCUT2D eigenvalue weighted by Gasteiger charge is 2.53. The van der Waals surface area contributed by atoms with Gasteiger partial charge in [-0.1, -0.05) is 12.8 Å². The summed E-state index contributed by atoms with van der Waals surface area (Å²) >= 11 is 0. The SMILES string of the molecule is CC(C)(C)OC(=O)NCC1CCCCC1NCC1(C2CC2)CC1. The van der Waals surface area contributed by atoms with Crippen molar-refractivity contribution >= 4 is 6.09 Å². The van der Waals surface area contributed by atoms with Crippen LogP contribution in [0.2, 0.25) is 0 Å². The molecule has 2 N–H and O–H groups in total. The molecule has 0 bridgehead atoms. The van der Waals surface area contributed by atoms with E-state index in [9.17, 15) is 4.79 Å². The molecular formula is C19H34N2O2. The summed E-state index contributed by atoms with van der Waals surface area (Å²) < 4.78 is 5.36. The second kappa shape index (κ2) is 6.62. The molecule has 0 saturated heterocycles. The lowest BCUT2D eigenvalue weighted by Gasteiger charge is -2.34. The van der Waals surface area contributed by atoms with Crippen molar-refractivity contribution in [1.82, 2.24) is 10.6 Å². The van der Waals surface area contributed by atoms with E-state index in [0.29, 0.717) is 17.4 Å². The lowest BCUT2D eigenvalue weighted by atomic mass is 9.84. The quantitative estimate of drug-likeness (QED) is 0.781. The maximum absolute atomic E-state index is 11.9. The fourth-order valence-corrected chi connectivity index (χ4v) is 4.17. The van der Waals surface area contributed by atoms with E-state index in [1.807, 2.05) is 20.8 Å². The number of rotatable bonds is 6. The first kappa shape index (κ1) is 17.1. The van der Waals surface area contributed by atoms with Crippen LogP contribution in [-0.2, 0) is 4.74 Å². The molecule has 23 heavy (non-hydrogen) atoms. The van der Waals surface area contributed by atoms with Crippen molar-refractivity contribution in [2.75, 3.05) is 13.1 Å². The number of nitrogens with one attached hydrogen (secondary N) is 2. The zero-order chi connectivity index (χ0) is 16.5. The Morgan fingerprint density at radius 3 is 2.43 bits per heavy atom. The number of carbonyl (C=O) groups is 1.